The predicted octanol–water partition coefficient (Wildman–Crippen LogP) is 4.72. The average molecular weight is 485 g/mol. The summed E-state index contributed by atoms with van der Waals surface area (Å²) in [5, 5.41) is 8.09. The summed E-state index contributed by atoms with van der Waals surface area (Å²) in [7, 11) is 3.30. The molecule has 1 heterocycles. The molecule has 0 unspecified atom stereocenters. The second kappa shape index (κ2) is 9.97. The summed E-state index contributed by atoms with van der Waals surface area (Å²) in [6, 6.07) is 14.8. The Kier molecular flexibility index (Phi) is 7.05. The summed E-state index contributed by atoms with van der Waals surface area (Å²) < 4.78 is 5.18. The lowest BCUT2D eigenvalue weighted by Crippen LogP contribution is -2.54. The van der Waals surface area contributed by atoms with Crippen LogP contribution in [-0.4, -0.2) is 51.7 Å². The largest absolute Gasteiger partial charge is 0.497 e. The molecule has 1 N–H and O–H groups in total. The lowest BCUT2D eigenvalue weighted by molar-refractivity contribution is -0.146. The Morgan fingerprint density at radius 1 is 1.21 bits per heavy atom. The van der Waals surface area contributed by atoms with Gasteiger partial charge in [0.25, 0.3) is 0 Å². The number of benzene rings is 2. The highest BCUT2D eigenvalue weighted by Gasteiger charge is 2.47. The van der Waals surface area contributed by atoms with Gasteiger partial charge < -0.3 is 9.64 Å². The number of ketones is 1. The topological polar surface area (TPSA) is 88.2 Å². The molecule has 1 saturated carbocycles. The highest BCUT2D eigenvalue weighted by Crippen LogP contribution is 2.42. The van der Waals surface area contributed by atoms with Crippen molar-refractivity contribution in [2.45, 2.75) is 36.4 Å². The third-order valence-electron chi connectivity index (χ3n) is 6.07. The number of Topliss-reactive ketones (excluding diaryl/α,β-unsaturated/α-hetero) is 1. The number of rotatable bonds is 7. The zero-order valence-electron chi connectivity index (χ0n) is 18.5. The van der Waals surface area contributed by atoms with E-state index in [0.29, 0.717) is 34.4 Å². The third-order valence-corrected chi connectivity index (χ3v) is 7.23. The van der Waals surface area contributed by atoms with Gasteiger partial charge in [-0.15, -0.1) is 5.10 Å². The molecule has 172 valence electrons. The monoisotopic (exact) mass is 484 g/mol. The number of H-pyrrole nitrogens is 1. The molecular formula is C24H25ClN4O3S. The number of aromatic nitrogens is 3. The number of thioether (sulfide) groups is 1. The van der Waals surface area contributed by atoms with Crippen molar-refractivity contribution in [2.24, 2.45) is 0 Å². The van der Waals surface area contributed by atoms with Crippen molar-refractivity contribution in [3.05, 3.63) is 59.1 Å². The van der Waals surface area contributed by atoms with Gasteiger partial charge in [0.05, 0.1) is 12.9 Å². The number of hydrogen-bond donors (Lipinski definition) is 1. The fraction of sp³-hybridized carbons (Fsp3) is 0.333. The summed E-state index contributed by atoms with van der Waals surface area (Å²) in [5.74, 6) is 1.33. The van der Waals surface area contributed by atoms with Crippen LogP contribution >= 0.6 is 23.4 Å². The Balaban J connectivity index is 1.50. The van der Waals surface area contributed by atoms with E-state index in [1.165, 1.54) is 11.8 Å². The number of likely N-dealkylation sites (N-methyl/N-ethyl adjacent to an activating group) is 1. The lowest BCUT2D eigenvalue weighted by Gasteiger charge is -2.44. The first-order valence-corrected chi connectivity index (χ1v) is 12.1. The zero-order valence-corrected chi connectivity index (χ0v) is 20.1. The van der Waals surface area contributed by atoms with Crippen LogP contribution in [0.15, 0.2) is 53.7 Å². The van der Waals surface area contributed by atoms with Gasteiger partial charge >= 0.3 is 0 Å². The molecule has 1 atom stereocenters. The van der Waals surface area contributed by atoms with Crippen molar-refractivity contribution in [2.75, 3.05) is 19.9 Å². The number of hydrogen-bond acceptors (Lipinski definition) is 6. The molecule has 1 amide bonds. The highest BCUT2D eigenvalue weighted by atomic mass is 35.5. The fourth-order valence-corrected chi connectivity index (χ4v) is 5.26. The van der Waals surface area contributed by atoms with Gasteiger partial charge in [-0.2, -0.15) is 0 Å². The first-order valence-electron chi connectivity index (χ1n) is 10.7. The molecule has 1 aromatic heterocycles. The number of nitrogens with zero attached hydrogens (tertiary/aromatic N) is 3. The number of aromatic amines is 1. The minimum absolute atomic E-state index is 0.0300. The Hall–Kier alpha value is -2.84. The van der Waals surface area contributed by atoms with Crippen LogP contribution in [0.5, 0.6) is 5.75 Å². The van der Waals surface area contributed by atoms with Gasteiger partial charge in [0.2, 0.25) is 11.1 Å². The van der Waals surface area contributed by atoms with E-state index >= 15 is 0 Å². The molecular weight excluding hydrogens is 460 g/mol. The number of amides is 1. The molecule has 0 saturated heterocycles. The van der Waals surface area contributed by atoms with Gasteiger partial charge in [0.1, 0.15) is 11.3 Å². The van der Waals surface area contributed by atoms with E-state index in [0.717, 1.165) is 24.2 Å². The van der Waals surface area contributed by atoms with Crippen molar-refractivity contribution in [3.8, 4) is 17.1 Å². The molecule has 0 radical (unpaired) electrons. The molecule has 3 aromatic rings. The van der Waals surface area contributed by atoms with Gasteiger partial charge in [-0.25, -0.2) is 4.98 Å². The van der Waals surface area contributed by atoms with Crippen LogP contribution in [0, 0.1) is 0 Å². The zero-order chi connectivity index (χ0) is 23.4. The molecule has 4 rings (SSSR count). The molecule has 1 aliphatic carbocycles. The van der Waals surface area contributed by atoms with E-state index in [9.17, 15) is 9.59 Å². The first kappa shape index (κ1) is 23.3. The minimum atomic E-state index is -1.04. The van der Waals surface area contributed by atoms with E-state index in [1.54, 1.807) is 25.1 Å². The second-order valence-electron chi connectivity index (χ2n) is 7.91. The van der Waals surface area contributed by atoms with Crippen LogP contribution in [0.1, 0.15) is 31.2 Å². The maximum Gasteiger partial charge on any atom is 0.233 e. The Morgan fingerprint density at radius 3 is 2.67 bits per heavy atom. The summed E-state index contributed by atoms with van der Waals surface area (Å²) in [6.07, 6.45) is 2.67. The van der Waals surface area contributed by atoms with Crippen molar-refractivity contribution in [1.82, 2.24) is 20.1 Å². The Morgan fingerprint density at radius 2 is 1.97 bits per heavy atom. The number of methoxy groups -OCH3 is 1. The Bertz CT molecular complexity index is 1150. The number of nitrogens with one attached hydrogen (secondary N) is 1. The number of carbonyl (C=O) groups is 2. The Labute approximate surface area is 201 Å². The van der Waals surface area contributed by atoms with E-state index < -0.39 is 5.54 Å². The molecule has 1 aliphatic rings. The van der Waals surface area contributed by atoms with Crippen molar-refractivity contribution < 1.29 is 14.3 Å². The maximum atomic E-state index is 13.2. The van der Waals surface area contributed by atoms with Crippen molar-refractivity contribution in [3.63, 3.8) is 0 Å². The minimum Gasteiger partial charge on any atom is -0.497 e. The van der Waals surface area contributed by atoms with Gasteiger partial charge in [-0.05, 0) is 49.6 Å². The quantitative estimate of drug-likeness (QED) is 0.488. The average Bonchev–Trinajstić information content (AvgIpc) is 3.32. The van der Waals surface area contributed by atoms with Crippen LogP contribution in [0.2, 0.25) is 5.02 Å². The van der Waals surface area contributed by atoms with Crippen LogP contribution in [-0.2, 0) is 15.1 Å². The van der Waals surface area contributed by atoms with Crippen molar-refractivity contribution in [1.29, 1.82) is 0 Å². The van der Waals surface area contributed by atoms with E-state index in [2.05, 4.69) is 15.2 Å². The SMILES string of the molecule is COc1ccc(-c2nc(SCC(=O)N(C)[C@]3(c4ccccc4Cl)CCCCC3=O)n[nH]2)cc1. The van der Waals surface area contributed by atoms with Gasteiger partial charge in [-0.1, -0.05) is 41.6 Å². The number of ether oxygens (including phenoxy) is 1. The molecule has 0 spiro atoms. The van der Waals surface area contributed by atoms with Crippen LogP contribution < -0.4 is 4.74 Å². The summed E-state index contributed by atoms with van der Waals surface area (Å²) in [6.45, 7) is 0. The molecule has 9 heteroatoms. The molecule has 33 heavy (non-hydrogen) atoms. The van der Waals surface area contributed by atoms with Gasteiger partial charge in [0.15, 0.2) is 11.6 Å². The number of halogens is 1. The van der Waals surface area contributed by atoms with E-state index in [1.807, 2.05) is 42.5 Å². The first-order chi connectivity index (χ1) is 16.0. The van der Waals surface area contributed by atoms with Gasteiger partial charge in [-0.3, -0.25) is 14.7 Å². The normalized spacial score (nSPS) is 18.2. The van der Waals surface area contributed by atoms with E-state index in [4.69, 9.17) is 16.3 Å². The fourth-order valence-electron chi connectivity index (χ4n) is 4.25. The lowest BCUT2D eigenvalue weighted by atomic mass is 9.74. The maximum absolute atomic E-state index is 13.2. The summed E-state index contributed by atoms with van der Waals surface area (Å²) in [5.41, 5.74) is 0.516. The van der Waals surface area contributed by atoms with Gasteiger partial charge in [0, 0.05) is 29.6 Å². The molecule has 0 bridgehead atoms. The van der Waals surface area contributed by atoms with Crippen LogP contribution in [0.3, 0.4) is 0 Å². The summed E-state index contributed by atoms with van der Waals surface area (Å²) >= 11 is 7.72. The molecule has 0 aliphatic heterocycles. The molecule has 7 nitrogen and oxygen atoms in total. The number of carbonyl (C=O) groups excluding carboxylic acids is 2. The summed E-state index contributed by atoms with van der Waals surface area (Å²) in [4.78, 5) is 32.5. The molecule has 1 fully saturated rings. The highest BCUT2D eigenvalue weighted by molar-refractivity contribution is 7.99. The third kappa shape index (κ3) is 4.63. The standard InChI is InChI=1S/C24H25ClN4O3S/c1-29(24(14-6-5-9-20(24)30)18-7-3-4-8-19(18)25)21(31)15-33-23-26-22(27-28-23)16-10-12-17(32-2)13-11-16/h3-4,7-8,10-13H,5-6,9,14-15H2,1-2H3,(H,26,27,28)/t24-/m0/s1. The van der Waals surface area contributed by atoms with E-state index in [-0.39, 0.29) is 17.4 Å². The molecule has 2 aromatic carbocycles. The van der Waals surface area contributed by atoms with Crippen LogP contribution in [0.25, 0.3) is 11.4 Å². The van der Waals surface area contributed by atoms with Crippen LogP contribution in [0.4, 0.5) is 0 Å². The predicted molar refractivity (Wildman–Crippen MR) is 128 cm³/mol. The smallest absolute Gasteiger partial charge is 0.233 e. The second-order valence-corrected chi connectivity index (χ2v) is 9.26. The van der Waals surface area contributed by atoms with Crippen molar-refractivity contribution >= 4 is 35.1 Å².